The lowest BCUT2D eigenvalue weighted by atomic mass is 10.1. The molecule has 4 aromatic rings. The number of methoxy groups -OCH3 is 1. The highest BCUT2D eigenvalue weighted by Crippen LogP contribution is 2.37. The molecule has 0 aromatic heterocycles. The lowest BCUT2D eigenvalue weighted by Gasteiger charge is -2.14. The van der Waals surface area contributed by atoms with E-state index in [4.69, 9.17) is 14.2 Å². The van der Waals surface area contributed by atoms with E-state index < -0.39 is 0 Å². The van der Waals surface area contributed by atoms with Crippen molar-refractivity contribution in [2.24, 2.45) is 0 Å². The minimum atomic E-state index is -0.364. The molecule has 4 aromatic carbocycles. The number of carbonyl (C=O) groups excluding carboxylic acids is 2. The third-order valence-corrected chi connectivity index (χ3v) is 7.75. The molecule has 2 amide bonds. The number of ether oxygens (including phenoxy) is 3. The van der Waals surface area contributed by atoms with Gasteiger partial charge in [-0.1, -0.05) is 48.5 Å². The Hall–Kier alpha value is -3.57. The summed E-state index contributed by atoms with van der Waals surface area (Å²) in [5, 5.41) is 1.69. The van der Waals surface area contributed by atoms with Crippen molar-refractivity contribution in [3.8, 4) is 17.2 Å². The summed E-state index contributed by atoms with van der Waals surface area (Å²) in [7, 11) is 1.53. The maximum absolute atomic E-state index is 13.2. The maximum Gasteiger partial charge on any atom is 0.293 e. The average Bonchev–Trinajstić information content (AvgIpc) is 3.20. The average molecular weight is 655 g/mol. The van der Waals surface area contributed by atoms with Gasteiger partial charge in [0.2, 0.25) is 0 Å². The summed E-state index contributed by atoms with van der Waals surface area (Å²) in [6.07, 6.45) is 1.67. The monoisotopic (exact) mass is 655 g/mol. The second-order valence-electron chi connectivity index (χ2n) is 8.61. The molecule has 5 rings (SSSR count). The SMILES string of the molecule is COc1cc(/C=C2\SC(=O)N(CCOc3cccc4ccccc34)C2=O)cc(I)c1OCc1ccc(F)cc1. The molecule has 1 aliphatic rings. The van der Waals surface area contributed by atoms with Gasteiger partial charge in [-0.3, -0.25) is 14.5 Å². The van der Waals surface area contributed by atoms with Gasteiger partial charge < -0.3 is 14.2 Å². The zero-order valence-electron chi connectivity index (χ0n) is 20.9. The van der Waals surface area contributed by atoms with Crippen molar-refractivity contribution >= 4 is 62.3 Å². The Labute approximate surface area is 242 Å². The zero-order chi connectivity index (χ0) is 27.4. The van der Waals surface area contributed by atoms with E-state index in [0.717, 1.165) is 31.7 Å². The van der Waals surface area contributed by atoms with Crippen LogP contribution in [0.1, 0.15) is 11.1 Å². The van der Waals surface area contributed by atoms with Crippen LogP contribution in [0.25, 0.3) is 16.8 Å². The van der Waals surface area contributed by atoms with E-state index in [-0.39, 0.29) is 36.7 Å². The van der Waals surface area contributed by atoms with Gasteiger partial charge in [0.1, 0.15) is 24.8 Å². The van der Waals surface area contributed by atoms with Crippen molar-refractivity contribution < 1.29 is 28.2 Å². The second kappa shape index (κ2) is 12.1. The molecule has 0 unspecified atom stereocenters. The van der Waals surface area contributed by atoms with E-state index in [2.05, 4.69) is 22.6 Å². The largest absolute Gasteiger partial charge is 0.493 e. The summed E-state index contributed by atoms with van der Waals surface area (Å²) in [5.41, 5.74) is 1.51. The van der Waals surface area contributed by atoms with Crippen LogP contribution >= 0.6 is 34.4 Å². The molecule has 0 radical (unpaired) electrons. The minimum Gasteiger partial charge on any atom is -0.493 e. The van der Waals surface area contributed by atoms with Gasteiger partial charge in [0.05, 0.1) is 22.1 Å². The van der Waals surface area contributed by atoms with Gasteiger partial charge in [-0.2, -0.15) is 0 Å². The molecule has 0 N–H and O–H groups in total. The molecule has 6 nitrogen and oxygen atoms in total. The van der Waals surface area contributed by atoms with Crippen LogP contribution in [-0.4, -0.2) is 36.3 Å². The highest BCUT2D eigenvalue weighted by molar-refractivity contribution is 14.1. The Morgan fingerprint density at radius 3 is 2.51 bits per heavy atom. The lowest BCUT2D eigenvalue weighted by Crippen LogP contribution is -2.32. The van der Waals surface area contributed by atoms with Gasteiger partial charge in [0.15, 0.2) is 11.5 Å². The fraction of sp³-hybridized carbons (Fsp3) is 0.133. The first kappa shape index (κ1) is 27.0. The molecule has 1 saturated heterocycles. The van der Waals surface area contributed by atoms with Gasteiger partial charge in [-0.25, -0.2) is 4.39 Å². The van der Waals surface area contributed by atoms with Crippen LogP contribution in [0.5, 0.6) is 17.2 Å². The first-order chi connectivity index (χ1) is 18.9. The van der Waals surface area contributed by atoms with Crippen LogP contribution < -0.4 is 14.2 Å². The number of imide groups is 1. The number of thioether (sulfide) groups is 1. The summed E-state index contributed by atoms with van der Waals surface area (Å²) < 4.78 is 31.4. The number of hydrogen-bond acceptors (Lipinski definition) is 6. The van der Waals surface area contributed by atoms with Crippen molar-refractivity contribution in [1.82, 2.24) is 4.90 Å². The van der Waals surface area contributed by atoms with E-state index in [9.17, 15) is 14.0 Å². The number of carbonyl (C=O) groups is 2. The number of benzene rings is 4. The molecule has 198 valence electrons. The first-order valence-corrected chi connectivity index (χ1v) is 13.9. The number of halogens is 2. The predicted molar refractivity (Wildman–Crippen MR) is 159 cm³/mol. The van der Waals surface area contributed by atoms with Crippen LogP contribution in [0, 0.1) is 9.39 Å². The smallest absolute Gasteiger partial charge is 0.293 e. The van der Waals surface area contributed by atoms with E-state index in [0.29, 0.717) is 27.7 Å². The Kier molecular flexibility index (Phi) is 8.37. The fourth-order valence-corrected chi connectivity index (χ4v) is 5.76. The van der Waals surface area contributed by atoms with Crippen molar-refractivity contribution in [2.75, 3.05) is 20.3 Å². The Balaban J connectivity index is 1.26. The van der Waals surface area contributed by atoms with Gasteiger partial charge in [-0.05, 0) is 87.3 Å². The van der Waals surface area contributed by atoms with E-state index in [1.807, 2.05) is 48.5 Å². The highest BCUT2D eigenvalue weighted by atomic mass is 127. The van der Waals surface area contributed by atoms with Crippen molar-refractivity contribution in [1.29, 1.82) is 0 Å². The Morgan fingerprint density at radius 1 is 0.949 bits per heavy atom. The molecular formula is C30H23FINO5S. The van der Waals surface area contributed by atoms with Crippen LogP contribution in [0.15, 0.2) is 83.8 Å². The fourth-order valence-electron chi connectivity index (χ4n) is 4.11. The van der Waals surface area contributed by atoms with E-state index >= 15 is 0 Å². The number of amides is 2. The number of nitrogens with zero attached hydrogens (tertiary/aromatic N) is 1. The summed E-state index contributed by atoms with van der Waals surface area (Å²) in [5.74, 6) is 1.06. The summed E-state index contributed by atoms with van der Waals surface area (Å²) in [4.78, 5) is 27.2. The van der Waals surface area contributed by atoms with Crippen LogP contribution in [0.4, 0.5) is 9.18 Å². The third kappa shape index (κ3) is 6.20. The van der Waals surface area contributed by atoms with Crippen molar-refractivity contribution in [3.63, 3.8) is 0 Å². The summed E-state index contributed by atoms with van der Waals surface area (Å²) >= 11 is 3.03. The first-order valence-electron chi connectivity index (χ1n) is 12.0. The van der Waals surface area contributed by atoms with Gasteiger partial charge in [-0.15, -0.1) is 0 Å². The number of hydrogen-bond donors (Lipinski definition) is 0. The third-order valence-electron chi connectivity index (χ3n) is 6.04. The second-order valence-corrected chi connectivity index (χ2v) is 10.8. The Bertz CT molecular complexity index is 1570. The van der Waals surface area contributed by atoms with Crippen LogP contribution in [0.3, 0.4) is 0 Å². The quantitative estimate of drug-likeness (QED) is 0.140. The predicted octanol–water partition coefficient (Wildman–Crippen LogP) is 7.29. The molecule has 0 saturated carbocycles. The van der Waals surface area contributed by atoms with Gasteiger partial charge >= 0.3 is 0 Å². The Morgan fingerprint density at radius 2 is 1.72 bits per heavy atom. The topological polar surface area (TPSA) is 65.1 Å². The van der Waals surface area contributed by atoms with Gasteiger partial charge in [0.25, 0.3) is 11.1 Å². The van der Waals surface area contributed by atoms with E-state index in [1.165, 1.54) is 24.1 Å². The molecule has 9 heteroatoms. The molecule has 0 spiro atoms. The molecular weight excluding hydrogens is 632 g/mol. The highest BCUT2D eigenvalue weighted by Gasteiger charge is 2.35. The van der Waals surface area contributed by atoms with Crippen LogP contribution in [-0.2, 0) is 11.4 Å². The van der Waals surface area contributed by atoms with Gasteiger partial charge in [0, 0.05) is 5.39 Å². The van der Waals surface area contributed by atoms with Crippen molar-refractivity contribution in [3.05, 3.63) is 104 Å². The van der Waals surface area contributed by atoms with Crippen molar-refractivity contribution in [2.45, 2.75) is 6.61 Å². The molecule has 1 heterocycles. The molecule has 0 atom stereocenters. The van der Waals surface area contributed by atoms with E-state index in [1.54, 1.807) is 24.3 Å². The molecule has 39 heavy (non-hydrogen) atoms. The summed E-state index contributed by atoms with van der Waals surface area (Å²) in [6.45, 7) is 0.569. The normalized spacial score (nSPS) is 14.3. The standard InChI is InChI=1S/C30H23FINO5S/c1-36-26-16-20(15-24(32)28(26)38-18-19-9-11-22(31)12-10-19)17-27-29(34)33(30(35)39-27)13-14-37-25-8-4-6-21-5-2-3-7-23(21)25/h2-12,15-17H,13-14,18H2,1H3/b27-17-. The molecule has 0 bridgehead atoms. The maximum atomic E-state index is 13.2. The molecule has 1 aliphatic heterocycles. The summed E-state index contributed by atoms with van der Waals surface area (Å²) in [6, 6.07) is 23.3. The lowest BCUT2D eigenvalue weighted by molar-refractivity contribution is -0.123. The van der Waals surface area contributed by atoms with Crippen LogP contribution in [0.2, 0.25) is 0 Å². The minimum absolute atomic E-state index is 0.141. The molecule has 1 fully saturated rings. The zero-order valence-corrected chi connectivity index (χ0v) is 23.8. The number of rotatable bonds is 9. The molecule has 0 aliphatic carbocycles. The number of fused-ring (bicyclic) bond motifs is 1.